The van der Waals surface area contributed by atoms with E-state index < -0.39 is 5.97 Å². The van der Waals surface area contributed by atoms with Crippen molar-refractivity contribution >= 4 is 17.7 Å². The van der Waals surface area contributed by atoms with Gasteiger partial charge in [0.1, 0.15) is 5.69 Å². The minimum absolute atomic E-state index is 0.0727. The molecule has 0 aromatic carbocycles. The van der Waals surface area contributed by atoms with E-state index in [2.05, 4.69) is 10.3 Å². The molecule has 1 aliphatic carbocycles. The van der Waals surface area contributed by atoms with Crippen molar-refractivity contribution < 1.29 is 19.5 Å². The second-order valence-corrected chi connectivity index (χ2v) is 4.87. The average Bonchev–Trinajstić information content (AvgIpc) is 3.04. The summed E-state index contributed by atoms with van der Waals surface area (Å²) in [5.41, 5.74) is 0.715. The van der Waals surface area contributed by atoms with Gasteiger partial charge in [-0.15, -0.1) is 0 Å². The van der Waals surface area contributed by atoms with Crippen molar-refractivity contribution in [3.05, 3.63) is 23.5 Å². The minimum atomic E-state index is -0.923. The van der Waals surface area contributed by atoms with Gasteiger partial charge in [-0.05, 0) is 31.7 Å². The van der Waals surface area contributed by atoms with Gasteiger partial charge in [0, 0.05) is 17.8 Å². The Balaban J connectivity index is 2.01. The molecule has 0 saturated heterocycles. The van der Waals surface area contributed by atoms with Crippen LogP contribution in [0.4, 0.5) is 0 Å². The van der Waals surface area contributed by atoms with Crippen molar-refractivity contribution in [3.8, 4) is 0 Å². The van der Waals surface area contributed by atoms with Crippen molar-refractivity contribution in [1.29, 1.82) is 0 Å². The van der Waals surface area contributed by atoms with Gasteiger partial charge in [0.05, 0.1) is 6.42 Å². The van der Waals surface area contributed by atoms with Gasteiger partial charge in [0.25, 0.3) is 5.91 Å². The van der Waals surface area contributed by atoms with Crippen LogP contribution in [0.1, 0.15) is 47.0 Å². The first-order valence-corrected chi connectivity index (χ1v) is 6.19. The largest absolute Gasteiger partial charge is 0.481 e. The molecule has 1 heterocycles. The number of ketones is 1. The monoisotopic (exact) mass is 264 g/mol. The summed E-state index contributed by atoms with van der Waals surface area (Å²) < 4.78 is 0. The highest BCUT2D eigenvalue weighted by Crippen LogP contribution is 2.34. The molecule has 2 rings (SSSR count). The number of carbonyl (C=O) groups excluding carboxylic acids is 2. The Kier molecular flexibility index (Phi) is 3.69. The van der Waals surface area contributed by atoms with E-state index in [4.69, 9.17) is 5.11 Å². The summed E-state index contributed by atoms with van der Waals surface area (Å²) in [6.45, 7) is 1.42. The van der Waals surface area contributed by atoms with E-state index >= 15 is 0 Å². The zero-order valence-corrected chi connectivity index (χ0v) is 10.6. The first-order chi connectivity index (χ1) is 8.97. The van der Waals surface area contributed by atoms with Gasteiger partial charge >= 0.3 is 5.97 Å². The first kappa shape index (κ1) is 13.3. The molecule has 3 N–H and O–H groups in total. The summed E-state index contributed by atoms with van der Waals surface area (Å²) >= 11 is 0. The fourth-order valence-electron chi connectivity index (χ4n) is 2.00. The van der Waals surface area contributed by atoms with Crippen LogP contribution in [-0.4, -0.2) is 33.8 Å². The van der Waals surface area contributed by atoms with E-state index in [-0.39, 0.29) is 35.8 Å². The van der Waals surface area contributed by atoms with Gasteiger partial charge in [-0.3, -0.25) is 14.4 Å². The lowest BCUT2D eigenvalue weighted by atomic mass is 10.1. The van der Waals surface area contributed by atoms with Crippen LogP contribution in [0.5, 0.6) is 0 Å². The summed E-state index contributed by atoms with van der Waals surface area (Å²) in [6.07, 6.45) is 3.29. The smallest absolute Gasteiger partial charge is 0.305 e. The standard InChI is InChI=1S/C13H16N2O4/c1-7(16)9-4-11(14-6-9)13(19)15-10(5-12(17)18)8-2-3-8/h4,6,8,10,14H,2-3,5H2,1H3,(H,15,19)(H,17,18). The molecule has 1 saturated carbocycles. The lowest BCUT2D eigenvalue weighted by Crippen LogP contribution is -2.38. The Morgan fingerprint density at radius 1 is 1.47 bits per heavy atom. The Bertz CT molecular complexity index is 516. The predicted octanol–water partition coefficient (Wildman–Crippen LogP) is 1.20. The third kappa shape index (κ3) is 3.43. The molecule has 6 nitrogen and oxygen atoms in total. The van der Waals surface area contributed by atoms with Crippen LogP contribution < -0.4 is 5.32 Å². The Hall–Kier alpha value is -2.11. The number of hydrogen-bond acceptors (Lipinski definition) is 3. The molecule has 0 aliphatic heterocycles. The molecular weight excluding hydrogens is 248 g/mol. The number of rotatable bonds is 6. The quantitative estimate of drug-likeness (QED) is 0.672. The number of carboxylic acid groups (broad SMARTS) is 1. The Morgan fingerprint density at radius 3 is 2.63 bits per heavy atom. The molecule has 6 heteroatoms. The number of nitrogens with one attached hydrogen (secondary N) is 2. The summed E-state index contributed by atoms with van der Waals surface area (Å²) in [6, 6.07) is 1.14. The molecule has 0 bridgehead atoms. The highest BCUT2D eigenvalue weighted by atomic mass is 16.4. The SMILES string of the molecule is CC(=O)c1c[nH]c(C(=O)NC(CC(=O)O)C2CC2)c1. The number of carboxylic acids is 1. The normalized spacial score (nSPS) is 15.8. The molecule has 1 atom stereocenters. The number of amides is 1. The van der Waals surface area contributed by atoms with Crippen LogP contribution in [0.2, 0.25) is 0 Å². The number of hydrogen-bond donors (Lipinski definition) is 3. The third-order valence-corrected chi connectivity index (χ3v) is 3.24. The van der Waals surface area contributed by atoms with Gasteiger partial charge in [-0.25, -0.2) is 0 Å². The number of aliphatic carboxylic acids is 1. The van der Waals surface area contributed by atoms with Gasteiger partial charge in [-0.2, -0.15) is 0 Å². The molecule has 1 unspecified atom stereocenters. The van der Waals surface area contributed by atoms with E-state index in [1.54, 1.807) is 0 Å². The highest BCUT2D eigenvalue weighted by Gasteiger charge is 2.34. The summed E-state index contributed by atoms with van der Waals surface area (Å²) in [5, 5.41) is 11.5. The van der Waals surface area contributed by atoms with Crippen molar-refractivity contribution in [3.63, 3.8) is 0 Å². The maximum Gasteiger partial charge on any atom is 0.305 e. The summed E-state index contributed by atoms with van der Waals surface area (Å²) in [4.78, 5) is 36.6. The predicted molar refractivity (Wildman–Crippen MR) is 67.0 cm³/mol. The molecule has 1 aromatic heterocycles. The Labute approximate surface area is 110 Å². The van der Waals surface area contributed by atoms with E-state index in [0.29, 0.717) is 5.56 Å². The molecule has 102 valence electrons. The van der Waals surface area contributed by atoms with Crippen molar-refractivity contribution in [1.82, 2.24) is 10.3 Å². The molecule has 19 heavy (non-hydrogen) atoms. The van der Waals surface area contributed by atoms with Gasteiger partial charge in [0.15, 0.2) is 5.78 Å². The molecule has 1 fully saturated rings. The molecular formula is C13H16N2O4. The average molecular weight is 264 g/mol. The van der Waals surface area contributed by atoms with E-state index in [0.717, 1.165) is 12.8 Å². The van der Waals surface area contributed by atoms with E-state index in [1.165, 1.54) is 19.2 Å². The number of H-pyrrole nitrogens is 1. The first-order valence-electron chi connectivity index (χ1n) is 6.19. The topological polar surface area (TPSA) is 99.3 Å². The van der Waals surface area contributed by atoms with Gasteiger partial charge < -0.3 is 15.4 Å². The fourth-order valence-corrected chi connectivity index (χ4v) is 2.00. The minimum Gasteiger partial charge on any atom is -0.481 e. The maximum absolute atomic E-state index is 12.0. The molecule has 1 aliphatic rings. The molecule has 1 aromatic rings. The highest BCUT2D eigenvalue weighted by molar-refractivity contribution is 5.99. The van der Waals surface area contributed by atoms with Crippen LogP contribution in [-0.2, 0) is 4.79 Å². The lowest BCUT2D eigenvalue weighted by molar-refractivity contribution is -0.137. The number of aromatic nitrogens is 1. The third-order valence-electron chi connectivity index (χ3n) is 3.24. The van der Waals surface area contributed by atoms with Crippen LogP contribution in [0.15, 0.2) is 12.3 Å². The van der Waals surface area contributed by atoms with Crippen molar-refractivity contribution in [2.75, 3.05) is 0 Å². The summed E-state index contributed by atoms with van der Waals surface area (Å²) in [5.74, 6) is -1.17. The van der Waals surface area contributed by atoms with E-state index in [9.17, 15) is 14.4 Å². The molecule has 0 radical (unpaired) electrons. The molecule has 1 amide bonds. The van der Waals surface area contributed by atoms with Crippen LogP contribution in [0.25, 0.3) is 0 Å². The number of Topliss-reactive ketones (excluding diaryl/α,β-unsaturated/α-hetero) is 1. The van der Waals surface area contributed by atoms with E-state index in [1.807, 2.05) is 0 Å². The zero-order valence-electron chi connectivity index (χ0n) is 10.6. The summed E-state index contributed by atoms with van der Waals surface area (Å²) in [7, 11) is 0. The number of carbonyl (C=O) groups is 3. The van der Waals surface area contributed by atoms with Crippen LogP contribution in [0.3, 0.4) is 0 Å². The zero-order chi connectivity index (χ0) is 14.0. The van der Waals surface area contributed by atoms with Crippen molar-refractivity contribution in [2.45, 2.75) is 32.2 Å². The maximum atomic E-state index is 12.0. The second-order valence-electron chi connectivity index (χ2n) is 4.87. The Morgan fingerprint density at radius 2 is 2.16 bits per heavy atom. The van der Waals surface area contributed by atoms with Gasteiger partial charge in [0.2, 0.25) is 0 Å². The lowest BCUT2D eigenvalue weighted by Gasteiger charge is -2.15. The number of aromatic amines is 1. The fraction of sp³-hybridized carbons (Fsp3) is 0.462. The van der Waals surface area contributed by atoms with Crippen molar-refractivity contribution in [2.24, 2.45) is 5.92 Å². The van der Waals surface area contributed by atoms with Crippen LogP contribution >= 0.6 is 0 Å². The molecule has 0 spiro atoms. The second kappa shape index (κ2) is 5.26. The van der Waals surface area contributed by atoms with Gasteiger partial charge in [-0.1, -0.05) is 0 Å². The van der Waals surface area contributed by atoms with Crippen LogP contribution in [0, 0.1) is 5.92 Å².